The number of aliphatic carboxylic acids is 1. The fourth-order valence-electron chi connectivity index (χ4n) is 2.99. The molecule has 4 unspecified atom stereocenters. The predicted octanol–water partition coefficient (Wildman–Crippen LogP) is 0.550. The van der Waals surface area contributed by atoms with Crippen molar-refractivity contribution in [2.24, 2.45) is 17.8 Å². The molecule has 1 aliphatic carbocycles. The maximum absolute atomic E-state index is 12.2. The molecule has 2 rings (SSSR count). The zero-order valence-electron chi connectivity index (χ0n) is 11.3. The van der Waals surface area contributed by atoms with Crippen molar-refractivity contribution >= 4 is 21.7 Å². The summed E-state index contributed by atoms with van der Waals surface area (Å²) in [5.41, 5.74) is 0. The zero-order chi connectivity index (χ0) is 14.9. The molecule has 0 aromatic carbocycles. The van der Waals surface area contributed by atoms with E-state index in [9.17, 15) is 23.1 Å². The minimum atomic E-state index is -3.22. The van der Waals surface area contributed by atoms with Crippen LogP contribution in [0.1, 0.15) is 26.2 Å². The van der Waals surface area contributed by atoms with E-state index in [1.807, 2.05) is 6.92 Å². The monoisotopic (exact) mass is 301 g/mol. The van der Waals surface area contributed by atoms with Crippen LogP contribution in [0.5, 0.6) is 0 Å². The van der Waals surface area contributed by atoms with Gasteiger partial charge in [-0.15, -0.1) is 0 Å². The second-order valence-corrected chi connectivity index (χ2v) is 7.50. The Hall–Kier alpha value is -1.37. The summed E-state index contributed by atoms with van der Waals surface area (Å²) in [4.78, 5) is 23.4. The lowest BCUT2D eigenvalue weighted by Crippen LogP contribution is -2.41. The largest absolute Gasteiger partial charge is 0.481 e. The van der Waals surface area contributed by atoms with Crippen LogP contribution in [0.15, 0.2) is 11.5 Å². The molecule has 0 radical (unpaired) electrons. The SMILES string of the molecule is CCC1CC(C(=O)O)C(C(=O)NC2C=CS(=O)(=O)C2)C1. The highest BCUT2D eigenvalue weighted by Gasteiger charge is 2.42. The number of nitrogens with one attached hydrogen (secondary N) is 1. The van der Waals surface area contributed by atoms with E-state index in [2.05, 4.69) is 5.32 Å². The van der Waals surface area contributed by atoms with Crippen molar-refractivity contribution in [2.45, 2.75) is 32.2 Å². The van der Waals surface area contributed by atoms with Crippen LogP contribution >= 0.6 is 0 Å². The third-order valence-corrected chi connectivity index (χ3v) is 5.54. The Labute approximate surface area is 118 Å². The van der Waals surface area contributed by atoms with E-state index >= 15 is 0 Å². The number of hydrogen-bond acceptors (Lipinski definition) is 4. The molecule has 0 spiro atoms. The summed E-state index contributed by atoms with van der Waals surface area (Å²) in [6.45, 7) is 1.98. The van der Waals surface area contributed by atoms with Crippen LogP contribution in [-0.2, 0) is 19.4 Å². The standard InChI is InChI=1S/C13H19NO5S/c1-2-8-5-10(11(6-8)13(16)17)12(15)14-9-3-4-20(18,19)7-9/h3-4,8-11H,2,5-7H2,1H3,(H,14,15)(H,16,17). The van der Waals surface area contributed by atoms with Crippen molar-refractivity contribution in [1.82, 2.24) is 5.32 Å². The maximum Gasteiger partial charge on any atom is 0.307 e. The molecule has 1 fully saturated rings. The molecule has 0 saturated heterocycles. The van der Waals surface area contributed by atoms with Crippen molar-refractivity contribution < 1.29 is 23.1 Å². The van der Waals surface area contributed by atoms with E-state index in [0.717, 1.165) is 11.8 Å². The molecule has 112 valence electrons. The van der Waals surface area contributed by atoms with Gasteiger partial charge in [-0.2, -0.15) is 0 Å². The number of carboxylic acid groups (broad SMARTS) is 1. The van der Waals surface area contributed by atoms with Crippen LogP contribution in [0, 0.1) is 17.8 Å². The first-order chi connectivity index (χ1) is 9.32. The van der Waals surface area contributed by atoms with Crippen LogP contribution < -0.4 is 5.32 Å². The van der Waals surface area contributed by atoms with E-state index < -0.39 is 33.7 Å². The number of amides is 1. The Morgan fingerprint density at radius 1 is 1.30 bits per heavy atom. The normalized spacial score (nSPS) is 35.0. The average Bonchev–Trinajstić information content (AvgIpc) is 2.92. The van der Waals surface area contributed by atoms with E-state index in [0.29, 0.717) is 12.8 Å². The molecule has 2 N–H and O–H groups in total. The van der Waals surface area contributed by atoms with E-state index in [1.54, 1.807) is 0 Å². The van der Waals surface area contributed by atoms with Crippen molar-refractivity contribution in [1.29, 1.82) is 0 Å². The molecule has 1 aliphatic heterocycles. The second-order valence-electron chi connectivity index (χ2n) is 5.57. The van der Waals surface area contributed by atoms with Gasteiger partial charge in [-0.3, -0.25) is 9.59 Å². The summed E-state index contributed by atoms with van der Waals surface area (Å²) in [5.74, 6) is -2.41. The lowest BCUT2D eigenvalue weighted by Gasteiger charge is -2.18. The zero-order valence-corrected chi connectivity index (χ0v) is 12.1. The highest BCUT2D eigenvalue weighted by Crippen LogP contribution is 2.38. The van der Waals surface area contributed by atoms with E-state index in [4.69, 9.17) is 0 Å². The molecular formula is C13H19NO5S. The van der Waals surface area contributed by atoms with Gasteiger partial charge in [0.25, 0.3) is 0 Å². The molecular weight excluding hydrogens is 282 g/mol. The van der Waals surface area contributed by atoms with Crippen LogP contribution in [-0.4, -0.2) is 37.2 Å². The van der Waals surface area contributed by atoms with Gasteiger partial charge in [0.05, 0.1) is 23.6 Å². The average molecular weight is 301 g/mol. The number of hydrogen-bond donors (Lipinski definition) is 2. The Kier molecular flexibility index (Phi) is 4.17. The van der Waals surface area contributed by atoms with E-state index in [1.165, 1.54) is 6.08 Å². The van der Waals surface area contributed by atoms with Crippen LogP contribution in [0.4, 0.5) is 0 Å². The first kappa shape index (κ1) is 15.0. The molecule has 7 heteroatoms. The fraction of sp³-hybridized carbons (Fsp3) is 0.692. The van der Waals surface area contributed by atoms with Crippen molar-refractivity contribution in [3.63, 3.8) is 0 Å². The number of carbonyl (C=O) groups excluding carboxylic acids is 1. The van der Waals surface area contributed by atoms with Gasteiger partial charge >= 0.3 is 5.97 Å². The molecule has 0 aromatic heterocycles. The highest BCUT2D eigenvalue weighted by molar-refractivity contribution is 7.94. The highest BCUT2D eigenvalue weighted by atomic mass is 32.2. The predicted molar refractivity (Wildman–Crippen MR) is 72.5 cm³/mol. The topological polar surface area (TPSA) is 101 Å². The summed E-state index contributed by atoms with van der Waals surface area (Å²) in [5, 5.41) is 12.9. The molecule has 6 nitrogen and oxygen atoms in total. The Bertz CT molecular complexity index is 539. The smallest absolute Gasteiger partial charge is 0.307 e. The van der Waals surface area contributed by atoms with Gasteiger partial charge < -0.3 is 10.4 Å². The quantitative estimate of drug-likeness (QED) is 0.790. The second kappa shape index (κ2) is 5.55. The minimum absolute atomic E-state index is 0.138. The minimum Gasteiger partial charge on any atom is -0.481 e. The fourth-order valence-corrected chi connectivity index (χ4v) is 4.23. The molecule has 20 heavy (non-hydrogen) atoms. The first-order valence-corrected chi connectivity index (χ1v) is 8.48. The third kappa shape index (κ3) is 3.20. The number of sulfone groups is 1. The lowest BCUT2D eigenvalue weighted by atomic mass is 9.95. The van der Waals surface area contributed by atoms with Gasteiger partial charge in [0.2, 0.25) is 5.91 Å². The molecule has 4 atom stereocenters. The molecule has 0 bridgehead atoms. The van der Waals surface area contributed by atoms with Crippen LogP contribution in [0.3, 0.4) is 0 Å². The maximum atomic E-state index is 12.2. The Balaban J connectivity index is 2.01. The summed E-state index contributed by atoms with van der Waals surface area (Å²) < 4.78 is 22.6. The lowest BCUT2D eigenvalue weighted by molar-refractivity contribution is -0.146. The van der Waals surface area contributed by atoms with E-state index in [-0.39, 0.29) is 17.6 Å². The van der Waals surface area contributed by atoms with Crippen LogP contribution in [0.25, 0.3) is 0 Å². The van der Waals surface area contributed by atoms with Crippen molar-refractivity contribution in [3.05, 3.63) is 11.5 Å². The summed E-state index contributed by atoms with van der Waals surface area (Å²) in [6.07, 6.45) is 3.37. The van der Waals surface area contributed by atoms with Crippen molar-refractivity contribution in [3.8, 4) is 0 Å². The summed E-state index contributed by atoms with van der Waals surface area (Å²) in [6, 6.07) is -0.539. The molecule has 2 aliphatic rings. The van der Waals surface area contributed by atoms with Gasteiger partial charge in [0, 0.05) is 5.41 Å². The number of carbonyl (C=O) groups is 2. The summed E-state index contributed by atoms with van der Waals surface area (Å²) >= 11 is 0. The molecule has 1 amide bonds. The number of carboxylic acids is 1. The number of rotatable bonds is 4. The van der Waals surface area contributed by atoms with Gasteiger partial charge in [-0.1, -0.05) is 13.3 Å². The van der Waals surface area contributed by atoms with Crippen LogP contribution in [0.2, 0.25) is 0 Å². The van der Waals surface area contributed by atoms with Crippen molar-refractivity contribution in [2.75, 3.05) is 5.75 Å². The van der Waals surface area contributed by atoms with Gasteiger partial charge in [-0.25, -0.2) is 8.42 Å². The molecule has 0 aromatic rings. The third-order valence-electron chi connectivity index (χ3n) is 4.15. The van der Waals surface area contributed by atoms with Gasteiger partial charge in [0.15, 0.2) is 9.84 Å². The molecule has 1 heterocycles. The first-order valence-electron chi connectivity index (χ1n) is 6.76. The Morgan fingerprint density at radius 2 is 1.95 bits per heavy atom. The van der Waals surface area contributed by atoms with Gasteiger partial charge in [0.1, 0.15) is 0 Å². The van der Waals surface area contributed by atoms with Gasteiger partial charge in [-0.05, 0) is 24.8 Å². The Morgan fingerprint density at radius 3 is 2.45 bits per heavy atom. The molecule has 1 saturated carbocycles. The summed E-state index contributed by atoms with van der Waals surface area (Å²) in [7, 11) is -3.22.